The van der Waals surface area contributed by atoms with E-state index >= 15 is 0 Å². The fourth-order valence-corrected chi connectivity index (χ4v) is 6.40. The lowest BCUT2D eigenvalue weighted by Gasteiger charge is -2.47. The number of allylic oxidation sites excluding steroid dienone is 2. The summed E-state index contributed by atoms with van der Waals surface area (Å²) in [6.45, 7) is 11.6. The largest absolute Gasteiger partial charge is 0.337 e. The van der Waals surface area contributed by atoms with Crippen molar-refractivity contribution in [2.45, 2.75) is 71.9 Å². The first-order valence-electron chi connectivity index (χ1n) is 12.7. The van der Waals surface area contributed by atoms with Gasteiger partial charge in [-0.15, -0.1) is 11.8 Å². The van der Waals surface area contributed by atoms with E-state index in [0.717, 1.165) is 56.1 Å². The Morgan fingerprint density at radius 1 is 1.12 bits per heavy atom. The van der Waals surface area contributed by atoms with Crippen LogP contribution >= 0.6 is 23.4 Å². The van der Waals surface area contributed by atoms with Crippen LogP contribution in [-0.4, -0.2) is 47.1 Å². The van der Waals surface area contributed by atoms with Crippen molar-refractivity contribution in [3.05, 3.63) is 58.0 Å². The van der Waals surface area contributed by atoms with Crippen LogP contribution in [0.15, 0.2) is 47.4 Å². The predicted octanol–water partition coefficient (Wildman–Crippen LogP) is 7.34. The molecule has 182 valence electrons. The van der Waals surface area contributed by atoms with Gasteiger partial charge in [0.15, 0.2) is 0 Å². The maximum atomic E-state index is 13.4. The van der Waals surface area contributed by atoms with Gasteiger partial charge in [-0.2, -0.15) is 0 Å². The fourth-order valence-electron chi connectivity index (χ4n) is 5.26. The zero-order valence-corrected chi connectivity index (χ0v) is 22.4. The molecule has 0 spiro atoms. The minimum atomic E-state index is 0.212. The van der Waals surface area contributed by atoms with Crippen molar-refractivity contribution in [1.29, 1.82) is 0 Å². The van der Waals surface area contributed by atoms with Crippen LogP contribution in [0.3, 0.4) is 0 Å². The number of hydrogen-bond donors (Lipinski definition) is 0. The second-order valence-electron chi connectivity index (χ2n) is 9.80. The highest BCUT2D eigenvalue weighted by Gasteiger charge is 2.37. The predicted molar refractivity (Wildman–Crippen MR) is 144 cm³/mol. The molecule has 0 radical (unpaired) electrons. The molecule has 33 heavy (non-hydrogen) atoms. The van der Waals surface area contributed by atoms with Crippen LogP contribution in [-0.2, 0) is 4.79 Å². The first-order chi connectivity index (χ1) is 15.9. The van der Waals surface area contributed by atoms with Crippen LogP contribution < -0.4 is 0 Å². The van der Waals surface area contributed by atoms with E-state index in [0.29, 0.717) is 24.2 Å². The summed E-state index contributed by atoms with van der Waals surface area (Å²) in [4.78, 5) is 19.6. The minimum absolute atomic E-state index is 0.212. The maximum Gasteiger partial charge on any atom is 0.223 e. The summed E-state index contributed by atoms with van der Waals surface area (Å²) >= 11 is 8.12. The third-order valence-corrected chi connectivity index (χ3v) is 8.26. The number of carbonyl (C=O) groups is 1. The summed E-state index contributed by atoms with van der Waals surface area (Å²) in [5.74, 6) is 2.32. The number of benzene rings is 1. The average Bonchev–Trinajstić information content (AvgIpc) is 2.81. The standard InChI is InChI=1S/C28H41ClN2OS/c1-5-9-22(10-6-2)19-27(32)31-17-16-30(20-25(31)21(3)4)28(26-11-7-8-18-33-26)23-12-14-24(29)15-13-23/h7-8,11-15,21-22,25,28H,5-6,9-10,16-20H2,1-4H3. The zero-order chi connectivity index (χ0) is 23.8. The van der Waals surface area contributed by atoms with Gasteiger partial charge in [0, 0.05) is 47.8 Å². The Hall–Kier alpha value is -1.23. The molecule has 3 rings (SSSR count). The summed E-state index contributed by atoms with van der Waals surface area (Å²) in [5.41, 5.74) is 1.28. The van der Waals surface area contributed by atoms with Crippen LogP contribution in [0.2, 0.25) is 5.02 Å². The van der Waals surface area contributed by atoms with Gasteiger partial charge in [0.25, 0.3) is 0 Å². The summed E-state index contributed by atoms with van der Waals surface area (Å²) in [6, 6.07) is 8.77. The van der Waals surface area contributed by atoms with Crippen molar-refractivity contribution < 1.29 is 4.79 Å². The molecule has 0 aliphatic carbocycles. The number of piperazine rings is 1. The zero-order valence-electron chi connectivity index (χ0n) is 20.8. The highest BCUT2D eigenvalue weighted by atomic mass is 35.5. The van der Waals surface area contributed by atoms with Crippen molar-refractivity contribution in [3.8, 4) is 0 Å². The Morgan fingerprint density at radius 3 is 2.39 bits per heavy atom. The highest BCUT2D eigenvalue weighted by molar-refractivity contribution is 8.03. The Labute approximate surface area is 210 Å². The Kier molecular flexibility index (Phi) is 10.4. The van der Waals surface area contributed by atoms with Crippen LogP contribution in [0.5, 0.6) is 0 Å². The third-order valence-electron chi connectivity index (χ3n) is 6.96. The number of thioether (sulfide) groups is 1. The van der Waals surface area contributed by atoms with E-state index in [2.05, 4.69) is 67.9 Å². The van der Waals surface area contributed by atoms with Gasteiger partial charge in [0.05, 0.1) is 6.04 Å². The molecule has 0 bridgehead atoms. The topological polar surface area (TPSA) is 23.6 Å². The van der Waals surface area contributed by atoms with Gasteiger partial charge in [-0.05, 0) is 29.5 Å². The molecule has 1 aromatic rings. The molecular formula is C28H41ClN2OS. The van der Waals surface area contributed by atoms with Crippen LogP contribution in [0.1, 0.15) is 71.4 Å². The van der Waals surface area contributed by atoms with Gasteiger partial charge < -0.3 is 4.90 Å². The summed E-state index contributed by atoms with van der Waals surface area (Å²) in [5, 5.41) is 0.770. The van der Waals surface area contributed by atoms with Crippen molar-refractivity contribution in [1.82, 2.24) is 9.80 Å². The van der Waals surface area contributed by atoms with Crippen LogP contribution in [0.4, 0.5) is 0 Å². The molecule has 0 aromatic heterocycles. The van der Waals surface area contributed by atoms with Crippen molar-refractivity contribution in [2.75, 3.05) is 25.4 Å². The molecule has 2 atom stereocenters. The first kappa shape index (κ1) is 26.4. The van der Waals surface area contributed by atoms with Gasteiger partial charge in [0.1, 0.15) is 0 Å². The molecule has 0 saturated carbocycles. The lowest BCUT2D eigenvalue weighted by atomic mass is 9.92. The monoisotopic (exact) mass is 488 g/mol. The number of nitrogens with zero attached hydrogens (tertiary/aromatic N) is 2. The minimum Gasteiger partial charge on any atom is -0.337 e. The molecule has 2 heterocycles. The fraction of sp³-hybridized carbons (Fsp3) is 0.607. The second-order valence-corrected chi connectivity index (χ2v) is 11.3. The number of halogens is 1. The average molecular weight is 489 g/mol. The number of amides is 1. The van der Waals surface area contributed by atoms with Gasteiger partial charge in [0.2, 0.25) is 5.91 Å². The lowest BCUT2D eigenvalue weighted by Crippen LogP contribution is -2.58. The van der Waals surface area contributed by atoms with Gasteiger partial charge in [-0.25, -0.2) is 0 Å². The van der Waals surface area contributed by atoms with Crippen molar-refractivity contribution in [3.63, 3.8) is 0 Å². The molecular weight excluding hydrogens is 448 g/mol. The number of carbonyl (C=O) groups excluding carboxylic acids is 1. The lowest BCUT2D eigenvalue weighted by molar-refractivity contribution is -0.139. The van der Waals surface area contributed by atoms with Gasteiger partial charge in [-0.3, -0.25) is 9.69 Å². The molecule has 5 heteroatoms. The van der Waals surface area contributed by atoms with E-state index in [-0.39, 0.29) is 12.1 Å². The highest BCUT2D eigenvalue weighted by Crippen LogP contribution is 2.39. The van der Waals surface area contributed by atoms with E-state index in [9.17, 15) is 4.79 Å². The molecule has 1 saturated heterocycles. The molecule has 2 aliphatic heterocycles. The number of hydrogen-bond acceptors (Lipinski definition) is 3. The molecule has 1 fully saturated rings. The van der Waals surface area contributed by atoms with E-state index in [4.69, 9.17) is 11.6 Å². The van der Waals surface area contributed by atoms with E-state index in [1.165, 1.54) is 10.5 Å². The Balaban J connectivity index is 1.80. The molecule has 0 N–H and O–H groups in total. The molecule has 1 amide bonds. The van der Waals surface area contributed by atoms with E-state index in [1.54, 1.807) is 0 Å². The number of rotatable bonds is 10. The smallest absolute Gasteiger partial charge is 0.223 e. The molecule has 2 unspecified atom stereocenters. The summed E-state index contributed by atoms with van der Waals surface area (Å²) in [6.07, 6.45) is 12.0. The van der Waals surface area contributed by atoms with Crippen LogP contribution in [0, 0.1) is 11.8 Å². The van der Waals surface area contributed by atoms with Crippen molar-refractivity contribution >= 4 is 29.3 Å². The Bertz CT molecular complexity index is 814. The molecule has 1 aromatic carbocycles. The summed E-state index contributed by atoms with van der Waals surface area (Å²) in [7, 11) is 0. The Morgan fingerprint density at radius 2 is 1.82 bits per heavy atom. The van der Waals surface area contributed by atoms with E-state index < -0.39 is 0 Å². The molecule has 3 nitrogen and oxygen atoms in total. The van der Waals surface area contributed by atoms with Gasteiger partial charge >= 0.3 is 0 Å². The third kappa shape index (κ3) is 7.13. The van der Waals surface area contributed by atoms with E-state index in [1.807, 2.05) is 23.9 Å². The quantitative estimate of drug-likeness (QED) is 0.344. The van der Waals surface area contributed by atoms with Crippen molar-refractivity contribution in [2.24, 2.45) is 11.8 Å². The maximum absolute atomic E-state index is 13.4. The first-order valence-corrected chi connectivity index (χ1v) is 14.1. The van der Waals surface area contributed by atoms with Crippen LogP contribution in [0.25, 0.3) is 0 Å². The molecule has 2 aliphatic rings. The van der Waals surface area contributed by atoms with Gasteiger partial charge in [-0.1, -0.05) is 95.3 Å². The SMILES string of the molecule is CCCC(CCC)CC(=O)N1CCN(C(C2=CC=CCS2)c2ccc(Cl)cc2)CC1C(C)C. The normalized spacial score (nSPS) is 20.4. The summed E-state index contributed by atoms with van der Waals surface area (Å²) < 4.78 is 0. The second kappa shape index (κ2) is 13.0.